The molecule has 2 aromatic carbocycles. The molecule has 0 bridgehead atoms. The van der Waals surface area contributed by atoms with Crippen LogP contribution in [0.2, 0.25) is 0 Å². The molecular formula is C18H16FN3. The lowest BCUT2D eigenvalue weighted by Gasteiger charge is -2.06. The summed E-state index contributed by atoms with van der Waals surface area (Å²) in [6.45, 7) is 2.01. The van der Waals surface area contributed by atoms with Gasteiger partial charge >= 0.3 is 0 Å². The highest BCUT2D eigenvalue weighted by molar-refractivity contribution is 6.00. The monoisotopic (exact) mass is 293 g/mol. The summed E-state index contributed by atoms with van der Waals surface area (Å²) in [6, 6.07) is 18.2. The first-order valence-electron chi connectivity index (χ1n) is 7.20. The van der Waals surface area contributed by atoms with Crippen LogP contribution >= 0.6 is 0 Å². The fourth-order valence-corrected chi connectivity index (χ4v) is 2.24. The fraction of sp³-hybridized carbons (Fsp3) is 0.111. The summed E-state index contributed by atoms with van der Waals surface area (Å²) in [4.78, 5) is 4.51. The number of anilines is 1. The van der Waals surface area contributed by atoms with E-state index < -0.39 is 0 Å². The first-order valence-corrected chi connectivity index (χ1v) is 7.20. The van der Waals surface area contributed by atoms with E-state index in [4.69, 9.17) is 0 Å². The molecule has 0 aliphatic rings. The van der Waals surface area contributed by atoms with Crippen LogP contribution in [0, 0.1) is 5.82 Å². The molecule has 4 heteroatoms. The molecule has 0 unspecified atom stereocenters. The van der Waals surface area contributed by atoms with Gasteiger partial charge in [0.1, 0.15) is 11.6 Å². The third kappa shape index (κ3) is 3.11. The molecule has 0 saturated carbocycles. The van der Waals surface area contributed by atoms with Crippen LogP contribution in [0.15, 0.2) is 65.8 Å². The van der Waals surface area contributed by atoms with E-state index in [-0.39, 0.29) is 5.82 Å². The number of hydrogen-bond donors (Lipinski definition) is 1. The van der Waals surface area contributed by atoms with Crippen molar-refractivity contribution >= 4 is 22.4 Å². The first kappa shape index (κ1) is 14.2. The van der Waals surface area contributed by atoms with Crippen molar-refractivity contribution in [3.05, 3.63) is 72.0 Å². The van der Waals surface area contributed by atoms with Crippen LogP contribution in [0.3, 0.4) is 0 Å². The Bertz CT molecular complexity index is 810. The standard InChI is InChI=1S/C18H16FN3/c1-2-16(14-7-10-15(19)11-8-14)21-22-18-12-9-13-5-3-4-6-17(13)20-18/h3-12H,2H2,1H3,(H,20,22)/b21-16-. The molecule has 0 radical (unpaired) electrons. The summed E-state index contributed by atoms with van der Waals surface area (Å²) < 4.78 is 13.0. The van der Waals surface area contributed by atoms with Crippen molar-refractivity contribution in [2.24, 2.45) is 5.10 Å². The molecule has 0 aliphatic carbocycles. The second kappa shape index (κ2) is 6.35. The maximum Gasteiger partial charge on any atom is 0.146 e. The summed E-state index contributed by atoms with van der Waals surface area (Å²) in [5.41, 5.74) is 5.66. The Labute approximate surface area is 128 Å². The van der Waals surface area contributed by atoms with Crippen molar-refractivity contribution in [3.63, 3.8) is 0 Å². The Morgan fingerprint density at radius 1 is 1.05 bits per heavy atom. The SMILES string of the molecule is CC/C(=N/Nc1ccc2ccccc2n1)c1ccc(F)cc1. The minimum Gasteiger partial charge on any atom is -0.261 e. The molecule has 0 atom stereocenters. The van der Waals surface area contributed by atoms with E-state index in [1.807, 2.05) is 43.3 Å². The van der Waals surface area contributed by atoms with Crippen molar-refractivity contribution in [3.8, 4) is 0 Å². The molecule has 0 aliphatic heterocycles. The van der Waals surface area contributed by atoms with Gasteiger partial charge in [-0.2, -0.15) is 5.10 Å². The fourth-order valence-electron chi connectivity index (χ4n) is 2.24. The number of aromatic nitrogens is 1. The van der Waals surface area contributed by atoms with Crippen molar-refractivity contribution in [2.75, 3.05) is 5.43 Å². The highest BCUT2D eigenvalue weighted by Crippen LogP contribution is 2.15. The zero-order chi connectivity index (χ0) is 15.4. The smallest absolute Gasteiger partial charge is 0.146 e. The number of fused-ring (bicyclic) bond motifs is 1. The third-order valence-corrected chi connectivity index (χ3v) is 3.42. The van der Waals surface area contributed by atoms with Gasteiger partial charge in [-0.25, -0.2) is 9.37 Å². The molecule has 0 saturated heterocycles. The molecule has 3 rings (SSSR count). The predicted molar refractivity (Wildman–Crippen MR) is 88.6 cm³/mol. The van der Waals surface area contributed by atoms with Crippen molar-refractivity contribution in [1.82, 2.24) is 4.98 Å². The Morgan fingerprint density at radius 3 is 2.59 bits per heavy atom. The topological polar surface area (TPSA) is 37.3 Å². The Kier molecular flexibility index (Phi) is 4.10. The first-order chi connectivity index (χ1) is 10.8. The van der Waals surface area contributed by atoms with E-state index in [0.29, 0.717) is 5.82 Å². The second-order valence-corrected chi connectivity index (χ2v) is 4.92. The zero-order valence-corrected chi connectivity index (χ0v) is 12.3. The summed E-state index contributed by atoms with van der Waals surface area (Å²) in [6.07, 6.45) is 0.742. The summed E-state index contributed by atoms with van der Waals surface area (Å²) >= 11 is 0. The Morgan fingerprint density at radius 2 is 1.82 bits per heavy atom. The number of nitrogens with zero attached hydrogens (tertiary/aromatic N) is 2. The minimum absolute atomic E-state index is 0.247. The number of para-hydroxylation sites is 1. The van der Waals surface area contributed by atoms with E-state index in [2.05, 4.69) is 15.5 Å². The quantitative estimate of drug-likeness (QED) is 0.564. The van der Waals surface area contributed by atoms with Gasteiger partial charge < -0.3 is 0 Å². The lowest BCUT2D eigenvalue weighted by molar-refractivity contribution is 0.627. The predicted octanol–water partition coefficient (Wildman–Crippen LogP) is 4.60. The molecule has 3 aromatic rings. The lowest BCUT2D eigenvalue weighted by Crippen LogP contribution is -2.04. The van der Waals surface area contributed by atoms with Crippen molar-refractivity contribution in [1.29, 1.82) is 0 Å². The van der Waals surface area contributed by atoms with Gasteiger partial charge in [0.05, 0.1) is 11.2 Å². The highest BCUT2D eigenvalue weighted by atomic mass is 19.1. The van der Waals surface area contributed by atoms with E-state index in [1.165, 1.54) is 12.1 Å². The number of nitrogens with one attached hydrogen (secondary N) is 1. The second-order valence-electron chi connectivity index (χ2n) is 4.92. The number of rotatable bonds is 4. The maximum absolute atomic E-state index is 13.0. The van der Waals surface area contributed by atoms with Crippen molar-refractivity contribution < 1.29 is 4.39 Å². The molecule has 1 aromatic heterocycles. The van der Waals surface area contributed by atoms with Gasteiger partial charge in [-0.05, 0) is 42.3 Å². The molecular weight excluding hydrogens is 277 g/mol. The molecule has 110 valence electrons. The van der Waals surface area contributed by atoms with Crippen molar-refractivity contribution in [2.45, 2.75) is 13.3 Å². The summed E-state index contributed by atoms with van der Waals surface area (Å²) in [7, 11) is 0. The molecule has 1 heterocycles. The van der Waals surface area contributed by atoms with Gasteiger partial charge in [0.2, 0.25) is 0 Å². The summed E-state index contributed by atoms with van der Waals surface area (Å²) in [5.74, 6) is 0.440. The van der Waals surface area contributed by atoms with Gasteiger partial charge in [-0.3, -0.25) is 5.43 Å². The van der Waals surface area contributed by atoms with Crippen LogP contribution in [0.5, 0.6) is 0 Å². The van der Waals surface area contributed by atoms with E-state index >= 15 is 0 Å². The zero-order valence-electron chi connectivity index (χ0n) is 12.3. The maximum atomic E-state index is 13.0. The van der Waals surface area contributed by atoms with Gasteiger partial charge in [0.15, 0.2) is 0 Å². The number of hydrazone groups is 1. The largest absolute Gasteiger partial charge is 0.261 e. The summed E-state index contributed by atoms with van der Waals surface area (Å²) in [5, 5.41) is 5.49. The number of halogens is 1. The van der Waals surface area contributed by atoms with Crippen LogP contribution in [0.25, 0.3) is 10.9 Å². The van der Waals surface area contributed by atoms with E-state index in [9.17, 15) is 4.39 Å². The Balaban J connectivity index is 1.84. The van der Waals surface area contributed by atoms with Crippen LogP contribution in [-0.4, -0.2) is 10.7 Å². The van der Waals surface area contributed by atoms with Crippen LogP contribution in [0.1, 0.15) is 18.9 Å². The number of benzene rings is 2. The van der Waals surface area contributed by atoms with E-state index in [1.54, 1.807) is 12.1 Å². The molecule has 22 heavy (non-hydrogen) atoms. The average molecular weight is 293 g/mol. The number of hydrogen-bond acceptors (Lipinski definition) is 3. The molecule has 0 spiro atoms. The van der Waals surface area contributed by atoms with Gasteiger partial charge in [-0.1, -0.05) is 37.3 Å². The lowest BCUT2D eigenvalue weighted by atomic mass is 10.1. The van der Waals surface area contributed by atoms with Crippen LogP contribution < -0.4 is 5.43 Å². The van der Waals surface area contributed by atoms with Gasteiger partial charge in [0.25, 0.3) is 0 Å². The molecule has 0 amide bonds. The van der Waals surface area contributed by atoms with Gasteiger partial charge in [0, 0.05) is 5.39 Å². The van der Waals surface area contributed by atoms with Crippen LogP contribution in [-0.2, 0) is 0 Å². The van der Waals surface area contributed by atoms with E-state index in [0.717, 1.165) is 28.6 Å². The number of pyridine rings is 1. The Hall–Kier alpha value is -2.75. The highest BCUT2D eigenvalue weighted by Gasteiger charge is 2.02. The molecule has 1 N–H and O–H groups in total. The normalized spacial score (nSPS) is 11.6. The van der Waals surface area contributed by atoms with Crippen LogP contribution in [0.4, 0.5) is 10.2 Å². The third-order valence-electron chi connectivity index (χ3n) is 3.42. The minimum atomic E-state index is -0.247. The van der Waals surface area contributed by atoms with Gasteiger partial charge in [-0.15, -0.1) is 0 Å². The molecule has 0 fully saturated rings. The molecule has 3 nitrogen and oxygen atoms in total. The average Bonchev–Trinajstić information content (AvgIpc) is 2.57.